The number of carbonyl (C=O) groups is 1. The average Bonchev–Trinajstić information content (AvgIpc) is 2.85. The van der Waals surface area contributed by atoms with E-state index in [1.54, 1.807) is 12.1 Å². The number of benzene rings is 1. The Kier molecular flexibility index (Phi) is 5.97. The van der Waals surface area contributed by atoms with Gasteiger partial charge in [0.05, 0.1) is 5.69 Å². The number of hydrogen-bond donors (Lipinski definition) is 2. The number of aromatic amines is 1. The minimum absolute atomic E-state index is 0.0851. The molecule has 7 heteroatoms. The average molecular weight is 381 g/mol. The van der Waals surface area contributed by atoms with E-state index in [1.807, 2.05) is 12.1 Å². The largest absolute Gasteiger partial charge is 0.414 e. The van der Waals surface area contributed by atoms with Crippen LogP contribution in [0, 0.1) is 0 Å². The first-order valence-electron chi connectivity index (χ1n) is 9.64. The van der Waals surface area contributed by atoms with Gasteiger partial charge in [-0.1, -0.05) is 44.4 Å². The van der Waals surface area contributed by atoms with Gasteiger partial charge in [-0.25, -0.2) is 4.79 Å². The molecule has 0 saturated heterocycles. The molecule has 1 aromatic carbocycles. The van der Waals surface area contributed by atoms with Gasteiger partial charge >= 0.3 is 12.2 Å². The third-order valence-corrected chi connectivity index (χ3v) is 5.14. The summed E-state index contributed by atoms with van der Waals surface area (Å²) < 4.78 is 42.0. The fraction of sp³-hybridized carbons (Fsp3) is 0.550. The fourth-order valence-corrected chi connectivity index (χ4v) is 3.84. The minimum Gasteiger partial charge on any atom is -0.356 e. The van der Waals surface area contributed by atoms with Crippen molar-refractivity contribution in [2.75, 3.05) is 13.1 Å². The van der Waals surface area contributed by atoms with Crippen LogP contribution >= 0.6 is 0 Å². The molecule has 4 nitrogen and oxygen atoms in total. The van der Waals surface area contributed by atoms with Gasteiger partial charge in [0.2, 0.25) is 0 Å². The van der Waals surface area contributed by atoms with E-state index in [4.69, 9.17) is 0 Å². The van der Waals surface area contributed by atoms with Crippen molar-refractivity contribution in [1.82, 2.24) is 15.2 Å². The van der Waals surface area contributed by atoms with Crippen molar-refractivity contribution in [2.24, 2.45) is 0 Å². The third-order valence-electron chi connectivity index (χ3n) is 5.14. The lowest BCUT2D eigenvalue weighted by Gasteiger charge is -2.31. The molecule has 0 fully saturated rings. The first-order chi connectivity index (χ1) is 12.9. The van der Waals surface area contributed by atoms with Crippen LogP contribution in [-0.2, 0) is 6.42 Å². The van der Waals surface area contributed by atoms with Crippen molar-refractivity contribution in [3.05, 3.63) is 35.5 Å². The number of para-hydroxylation sites is 1. The molecule has 27 heavy (non-hydrogen) atoms. The van der Waals surface area contributed by atoms with Gasteiger partial charge in [0, 0.05) is 24.0 Å². The van der Waals surface area contributed by atoms with E-state index in [2.05, 4.69) is 17.2 Å². The van der Waals surface area contributed by atoms with Crippen LogP contribution in [0.1, 0.15) is 56.3 Å². The lowest BCUT2D eigenvalue weighted by molar-refractivity contribution is -0.179. The van der Waals surface area contributed by atoms with Crippen LogP contribution in [0.2, 0.25) is 0 Å². The zero-order chi connectivity index (χ0) is 19.4. The minimum atomic E-state index is -4.54. The third kappa shape index (κ3) is 4.22. The number of rotatable bonds is 5. The number of carbonyl (C=O) groups excluding carboxylic acids is 1. The second-order valence-corrected chi connectivity index (χ2v) is 7.10. The number of H-pyrrole nitrogens is 1. The van der Waals surface area contributed by atoms with Crippen molar-refractivity contribution in [3.63, 3.8) is 0 Å². The smallest absolute Gasteiger partial charge is 0.356 e. The fourth-order valence-electron chi connectivity index (χ4n) is 3.84. The Morgan fingerprint density at radius 3 is 2.78 bits per heavy atom. The van der Waals surface area contributed by atoms with E-state index >= 15 is 0 Å². The molecule has 1 atom stereocenters. The molecule has 0 aliphatic carbocycles. The summed E-state index contributed by atoms with van der Waals surface area (Å²) in [7, 11) is 0. The number of aryl methyl sites for hydroxylation is 1. The van der Waals surface area contributed by atoms with Gasteiger partial charge in [0.15, 0.2) is 6.04 Å². The van der Waals surface area contributed by atoms with Crippen molar-refractivity contribution in [3.8, 4) is 0 Å². The van der Waals surface area contributed by atoms with Gasteiger partial charge in [0.25, 0.3) is 0 Å². The highest BCUT2D eigenvalue weighted by Gasteiger charge is 2.49. The van der Waals surface area contributed by atoms with E-state index in [1.165, 1.54) is 0 Å². The Bertz CT molecular complexity index is 784. The quantitative estimate of drug-likeness (QED) is 0.678. The molecule has 148 valence electrons. The first kappa shape index (κ1) is 19.6. The van der Waals surface area contributed by atoms with Crippen molar-refractivity contribution < 1.29 is 18.0 Å². The van der Waals surface area contributed by atoms with Gasteiger partial charge in [-0.15, -0.1) is 0 Å². The number of aromatic nitrogens is 1. The Morgan fingerprint density at radius 1 is 1.26 bits per heavy atom. The highest BCUT2D eigenvalue weighted by molar-refractivity contribution is 5.85. The summed E-state index contributed by atoms with van der Waals surface area (Å²) in [6, 6.07) is 4.64. The lowest BCUT2D eigenvalue weighted by atomic mass is 10.0. The summed E-state index contributed by atoms with van der Waals surface area (Å²) in [5.41, 5.74) is 1.45. The molecule has 1 unspecified atom stereocenters. The SMILES string of the molecule is CCCCCCNC(=O)N1CCCc2c([nH]c3ccccc23)C1C(F)(F)F. The molecular formula is C20H26F3N3O. The molecule has 0 radical (unpaired) electrons. The van der Waals surface area contributed by atoms with Gasteiger partial charge in [-0.05, 0) is 30.9 Å². The van der Waals surface area contributed by atoms with Gasteiger partial charge in [0.1, 0.15) is 0 Å². The highest BCUT2D eigenvalue weighted by atomic mass is 19.4. The van der Waals surface area contributed by atoms with Crippen LogP contribution in [0.25, 0.3) is 10.9 Å². The zero-order valence-corrected chi connectivity index (χ0v) is 15.5. The van der Waals surface area contributed by atoms with Crippen LogP contribution in [0.15, 0.2) is 24.3 Å². The highest BCUT2D eigenvalue weighted by Crippen LogP contribution is 2.42. The number of nitrogens with one attached hydrogen (secondary N) is 2. The molecule has 2 aromatic rings. The van der Waals surface area contributed by atoms with Crippen LogP contribution in [0.3, 0.4) is 0 Å². The molecule has 0 saturated carbocycles. The van der Waals surface area contributed by atoms with E-state index in [9.17, 15) is 18.0 Å². The van der Waals surface area contributed by atoms with Crippen LogP contribution in [-0.4, -0.2) is 35.2 Å². The predicted molar refractivity (Wildman–Crippen MR) is 99.7 cm³/mol. The molecule has 2 N–H and O–H groups in total. The van der Waals surface area contributed by atoms with Gasteiger partial charge in [-0.3, -0.25) is 0 Å². The molecule has 3 rings (SSSR count). The number of amides is 2. The number of nitrogens with zero attached hydrogens (tertiary/aromatic N) is 1. The lowest BCUT2D eigenvalue weighted by Crippen LogP contribution is -2.47. The number of halogens is 3. The van der Waals surface area contributed by atoms with E-state index in [0.29, 0.717) is 30.5 Å². The van der Waals surface area contributed by atoms with Crippen LogP contribution in [0.4, 0.5) is 18.0 Å². The van der Waals surface area contributed by atoms with Crippen molar-refractivity contribution in [2.45, 2.75) is 57.7 Å². The molecule has 1 aliphatic heterocycles. The van der Waals surface area contributed by atoms with Gasteiger partial charge in [-0.2, -0.15) is 13.2 Å². The number of unbranched alkanes of at least 4 members (excludes halogenated alkanes) is 3. The van der Waals surface area contributed by atoms with Gasteiger partial charge < -0.3 is 15.2 Å². The summed E-state index contributed by atoms with van der Waals surface area (Å²) in [5, 5.41) is 3.49. The number of urea groups is 1. The molecule has 2 heterocycles. The Morgan fingerprint density at radius 2 is 2.04 bits per heavy atom. The summed E-state index contributed by atoms with van der Waals surface area (Å²) in [5.74, 6) is 0. The van der Waals surface area contributed by atoms with E-state index in [-0.39, 0.29) is 12.2 Å². The number of fused-ring (bicyclic) bond motifs is 3. The molecular weight excluding hydrogens is 355 g/mol. The van der Waals surface area contributed by atoms with E-state index < -0.39 is 18.2 Å². The molecule has 2 amide bonds. The summed E-state index contributed by atoms with van der Waals surface area (Å²) in [6.07, 6.45) is 0.354. The van der Waals surface area contributed by atoms with Crippen molar-refractivity contribution >= 4 is 16.9 Å². The standard InChI is InChI=1S/C20H26F3N3O/c1-2-3-4-7-12-24-19(27)26-13-8-10-15-14-9-5-6-11-16(14)25-17(15)18(26)20(21,22)23/h5-6,9,11,18,25H,2-4,7-8,10,12-13H2,1H3,(H,24,27). The second kappa shape index (κ2) is 8.23. The maximum Gasteiger partial charge on any atom is 0.414 e. The van der Waals surface area contributed by atoms with Crippen LogP contribution < -0.4 is 5.32 Å². The Labute approximate surface area is 157 Å². The summed E-state index contributed by atoms with van der Waals surface area (Å²) in [6.45, 7) is 2.57. The summed E-state index contributed by atoms with van der Waals surface area (Å²) >= 11 is 0. The Hall–Kier alpha value is -2.18. The summed E-state index contributed by atoms with van der Waals surface area (Å²) in [4.78, 5) is 16.5. The molecule has 1 aromatic heterocycles. The molecule has 0 spiro atoms. The number of alkyl halides is 3. The maximum absolute atomic E-state index is 14.0. The second-order valence-electron chi connectivity index (χ2n) is 7.10. The molecule has 1 aliphatic rings. The molecule has 0 bridgehead atoms. The Balaban J connectivity index is 1.87. The topological polar surface area (TPSA) is 48.1 Å². The monoisotopic (exact) mass is 381 g/mol. The first-order valence-corrected chi connectivity index (χ1v) is 9.64. The van der Waals surface area contributed by atoms with Crippen LogP contribution in [0.5, 0.6) is 0 Å². The normalized spacial score (nSPS) is 17.6. The maximum atomic E-state index is 14.0. The zero-order valence-electron chi connectivity index (χ0n) is 15.5. The predicted octanol–water partition coefficient (Wildman–Crippen LogP) is 5.31. The van der Waals surface area contributed by atoms with E-state index in [0.717, 1.165) is 36.0 Å². The number of hydrogen-bond acceptors (Lipinski definition) is 1. The van der Waals surface area contributed by atoms with Crippen molar-refractivity contribution in [1.29, 1.82) is 0 Å².